The van der Waals surface area contributed by atoms with E-state index >= 15 is 0 Å². The number of methoxy groups -OCH3 is 2. The van der Waals surface area contributed by atoms with Crippen molar-refractivity contribution < 1.29 is 33.4 Å². The number of rotatable bonds is 7. The van der Waals surface area contributed by atoms with Crippen molar-refractivity contribution in [2.45, 2.75) is 6.92 Å². The molecule has 29 heavy (non-hydrogen) atoms. The average Bonchev–Trinajstić information content (AvgIpc) is 3.06. The van der Waals surface area contributed by atoms with E-state index < -0.39 is 30.4 Å². The Morgan fingerprint density at radius 2 is 1.69 bits per heavy atom. The number of ether oxygens (including phenoxy) is 3. The zero-order valence-electron chi connectivity index (χ0n) is 16.0. The highest BCUT2D eigenvalue weighted by Gasteiger charge is 2.26. The molecule has 2 aromatic rings. The lowest BCUT2D eigenvalue weighted by atomic mass is 10.1. The minimum atomic E-state index is -0.716. The lowest BCUT2D eigenvalue weighted by molar-refractivity contribution is -0.142. The van der Waals surface area contributed by atoms with Crippen LogP contribution in [0.4, 0.5) is 5.00 Å². The first-order chi connectivity index (χ1) is 13.9. The first kappa shape index (κ1) is 21.8. The van der Waals surface area contributed by atoms with Crippen molar-refractivity contribution in [3.8, 4) is 0 Å². The summed E-state index contributed by atoms with van der Waals surface area (Å²) in [5, 5.41) is 2.57. The van der Waals surface area contributed by atoms with E-state index in [1.807, 2.05) is 30.3 Å². The van der Waals surface area contributed by atoms with Crippen molar-refractivity contribution in [3.63, 3.8) is 0 Å². The first-order valence-electron chi connectivity index (χ1n) is 8.37. The van der Waals surface area contributed by atoms with Crippen LogP contribution in [0.1, 0.15) is 31.2 Å². The lowest BCUT2D eigenvalue weighted by Gasteiger charge is -2.06. The minimum absolute atomic E-state index is 0.0431. The van der Waals surface area contributed by atoms with Crippen LogP contribution in [0.3, 0.4) is 0 Å². The Bertz CT molecular complexity index is 947. The van der Waals surface area contributed by atoms with E-state index in [-0.39, 0.29) is 15.4 Å². The van der Waals surface area contributed by atoms with Gasteiger partial charge in [0, 0.05) is 6.08 Å². The molecule has 0 fully saturated rings. The van der Waals surface area contributed by atoms with Crippen molar-refractivity contribution in [1.29, 1.82) is 0 Å². The van der Waals surface area contributed by atoms with Crippen molar-refractivity contribution in [2.75, 3.05) is 26.1 Å². The van der Waals surface area contributed by atoms with Gasteiger partial charge in [0.15, 0.2) is 6.61 Å². The fourth-order valence-electron chi connectivity index (χ4n) is 2.31. The number of anilines is 1. The summed E-state index contributed by atoms with van der Waals surface area (Å²) in [7, 11) is 2.39. The Balaban J connectivity index is 2.04. The molecule has 0 unspecified atom stereocenters. The van der Waals surface area contributed by atoms with Crippen LogP contribution >= 0.6 is 11.3 Å². The third-order valence-corrected chi connectivity index (χ3v) is 4.90. The molecule has 8 nitrogen and oxygen atoms in total. The standard InChI is InChI=1S/C20H19NO7S/c1-12-16(19(24)26-2)18(29-17(12)20(25)27-3)21-14(22)11-28-15(23)10-9-13-7-5-4-6-8-13/h4-10H,11H2,1-3H3,(H,21,22)/b10-9+. The maximum atomic E-state index is 12.1. The van der Waals surface area contributed by atoms with Gasteiger partial charge in [0.05, 0.1) is 19.8 Å². The third kappa shape index (κ3) is 5.76. The van der Waals surface area contributed by atoms with Crippen LogP contribution in [-0.2, 0) is 23.8 Å². The number of benzene rings is 1. The number of nitrogens with one attached hydrogen (secondary N) is 1. The SMILES string of the molecule is COC(=O)c1sc(NC(=O)COC(=O)/C=C/c2ccccc2)c(C(=O)OC)c1C. The first-order valence-corrected chi connectivity index (χ1v) is 9.18. The summed E-state index contributed by atoms with van der Waals surface area (Å²) >= 11 is 0.871. The van der Waals surface area contributed by atoms with Gasteiger partial charge < -0.3 is 19.5 Å². The van der Waals surface area contributed by atoms with Crippen molar-refractivity contribution in [1.82, 2.24) is 0 Å². The van der Waals surface area contributed by atoms with E-state index in [4.69, 9.17) is 9.47 Å². The average molecular weight is 417 g/mol. The molecule has 0 aliphatic carbocycles. The quantitative estimate of drug-likeness (QED) is 0.419. The highest BCUT2D eigenvalue weighted by atomic mass is 32.1. The second kappa shape index (κ2) is 10.2. The molecule has 1 N–H and O–H groups in total. The molecular weight excluding hydrogens is 398 g/mol. The van der Waals surface area contributed by atoms with Crippen LogP contribution in [0.15, 0.2) is 36.4 Å². The molecule has 0 atom stereocenters. The molecule has 1 aromatic carbocycles. The second-order valence-electron chi connectivity index (χ2n) is 5.64. The van der Waals surface area contributed by atoms with Gasteiger partial charge in [0.25, 0.3) is 5.91 Å². The smallest absolute Gasteiger partial charge is 0.348 e. The summed E-state index contributed by atoms with van der Waals surface area (Å²) in [6.45, 7) is 0.974. The summed E-state index contributed by atoms with van der Waals surface area (Å²) < 4.78 is 14.3. The molecule has 1 amide bonds. The molecule has 0 bridgehead atoms. The van der Waals surface area contributed by atoms with E-state index in [1.165, 1.54) is 20.3 Å². The highest BCUT2D eigenvalue weighted by molar-refractivity contribution is 7.18. The number of amides is 1. The fraction of sp³-hybridized carbons (Fsp3) is 0.200. The summed E-state index contributed by atoms with van der Waals surface area (Å²) in [4.78, 5) is 47.9. The Morgan fingerprint density at radius 3 is 2.31 bits per heavy atom. The number of hydrogen-bond donors (Lipinski definition) is 1. The fourth-order valence-corrected chi connectivity index (χ4v) is 3.44. The van der Waals surface area contributed by atoms with E-state index in [0.29, 0.717) is 5.56 Å². The zero-order chi connectivity index (χ0) is 21.4. The van der Waals surface area contributed by atoms with Gasteiger partial charge in [-0.05, 0) is 24.1 Å². The van der Waals surface area contributed by atoms with Gasteiger partial charge in [-0.1, -0.05) is 30.3 Å². The van der Waals surface area contributed by atoms with E-state index in [9.17, 15) is 19.2 Å². The molecule has 1 aromatic heterocycles. The predicted octanol–water partition coefficient (Wildman–Crippen LogP) is 2.82. The second-order valence-corrected chi connectivity index (χ2v) is 6.66. The Hall–Kier alpha value is -3.46. The van der Waals surface area contributed by atoms with Crippen LogP contribution in [-0.4, -0.2) is 44.6 Å². The number of thiophene rings is 1. The predicted molar refractivity (Wildman–Crippen MR) is 107 cm³/mol. The van der Waals surface area contributed by atoms with Gasteiger partial charge >= 0.3 is 17.9 Å². The normalized spacial score (nSPS) is 10.4. The van der Waals surface area contributed by atoms with Gasteiger partial charge in [0.1, 0.15) is 9.88 Å². The van der Waals surface area contributed by atoms with Crippen molar-refractivity contribution in [2.24, 2.45) is 0 Å². The van der Waals surface area contributed by atoms with E-state index in [0.717, 1.165) is 16.9 Å². The topological polar surface area (TPSA) is 108 Å². The molecule has 152 valence electrons. The summed E-state index contributed by atoms with van der Waals surface area (Å²) in [5.41, 5.74) is 1.18. The van der Waals surface area contributed by atoms with Crippen molar-refractivity contribution in [3.05, 3.63) is 58.0 Å². The summed E-state index contributed by atoms with van der Waals surface area (Å²) in [6.07, 6.45) is 2.76. The van der Waals surface area contributed by atoms with E-state index in [1.54, 1.807) is 13.0 Å². The monoisotopic (exact) mass is 417 g/mol. The van der Waals surface area contributed by atoms with Gasteiger partial charge in [-0.15, -0.1) is 11.3 Å². The third-order valence-electron chi connectivity index (χ3n) is 3.72. The highest BCUT2D eigenvalue weighted by Crippen LogP contribution is 2.34. The maximum Gasteiger partial charge on any atom is 0.348 e. The van der Waals surface area contributed by atoms with E-state index in [2.05, 4.69) is 10.1 Å². The molecule has 0 spiro atoms. The summed E-state index contributed by atoms with van der Waals surface area (Å²) in [5.74, 6) is -2.73. The number of esters is 3. The Morgan fingerprint density at radius 1 is 1.03 bits per heavy atom. The molecular formula is C20H19NO7S. The molecule has 9 heteroatoms. The zero-order valence-corrected chi connectivity index (χ0v) is 16.8. The van der Waals surface area contributed by atoms with Crippen LogP contribution in [0.5, 0.6) is 0 Å². The molecule has 0 aliphatic heterocycles. The van der Waals surface area contributed by atoms with Crippen LogP contribution in [0.2, 0.25) is 0 Å². The van der Waals surface area contributed by atoms with Gasteiger partial charge in [-0.3, -0.25) is 4.79 Å². The molecule has 1 heterocycles. The summed E-state index contributed by atoms with van der Waals surface area (Å²) in [6, 6.07) is 9.11. The molecule has 0 radical (unpaired) electrons. The van der Waals surface area contributed by atoms with Gasteiger partial charge in [-0.25, -0.2) is 14.4 Å². The molecule has 2 rings (SSSR count). The van der Waals surface area contributed by atoms with Crippen LogP contribution < -0.4 is 5.32 Å². The largest absolute Gasteiger partial charge is 0.465 e. The Labute approximate surface area is 171 Å². The number of carbonyl (C=O) groups is 4. The van der Waals surface area contributed by atoms with Crippen molar-refractivity contribution >= 4 is 46.2 Å². The molecule has 0 saturated carbocycles. The van der Waals surface area contributed by atoms with Gasteiger partial charge in [-0.2, -0.15) is 0 Å². The molecule has 0 aliphatic rings. The van der Waals surface area contributed by atoms with Crippen LogP contribution in [0.25, 0.3) is 6.08 Å². The minimum Gasteiger partial charge on any atom is -0.465 e. The lowest BCUT2D eigenvalue weighted by Crippen LogP contribution is -2.21. The Kier molecular flexibility index (Phi) is 7.67. The molecule has 0 saturated heterocycles. The number of hydrogen-bond acceptors (Lipinski definition) is 8. The van der Waals surface area contributed by atoms with Crippen LogP contribution in [0, 0.1) is 6.92 Å². The number of carbonyl (C=O) groups excluding carboxylic acids is 4. The maximum absolute atomic E-state index is 12.1. The van der Waals surface area contributed by atoms with Gasteiger partial charge in [0.2, 0.25) is 0 Å².